The van der Waals surface area contributed by atoms with Crippen molar-refractivity contribution in [3.8, 4) is 0 Å². The summed E-state index contributed by atoms with van der Waals surface area (Å²) in [6.45, 7) is 2.93. The number of anilines is 2. The maximum Gasteiger partial charge on any atom is 0.227 e. The average Bonchev–Trinajstić information content (AvgIpc) is 3.55. The first-order valence-electron chi connectivity index (χ1n) is 11.2. The predicted molar refractivity (Wildman–Crippen MR) is 126 cm³/mol. The van der Waals surface area contributed by atoms with Crippen molar-refractivity contribution < 1.29 is 4.79 Å². The molecule has 5 rings (SSSR count). The summed E-state index contributed by atoms with van der Waals surface area (Å²) in [5.74, 6) is 1.38. The van der Waals surface area contributed by atoms with Gasteiger partial charge in [0.05, 0.1) is 11.0 Å². The van der Waals surface area contributed by atoms with Gasteiger partial charge < -0.3 is 20.5 Å². The number of nitrogens with zero attached hydrogens (tertiary/aromatic N) is 2. The first-order valence-corrected chi connectivity index (χ1v) is 11.6. The molecule has 1 aliphatic heterocycles. The average molecular weight is 438 g/mol. The summed E-state index contributed by atoms with van der Waals surface area (Å²) in [6.07, 6.45) is 5.13. The highest BCUT2D eigenvalue weighted by atomic mass is 35.5. The van der Waals surface area contributed by atoms with Crippen LogP contribution >= 0.6 is 11.6 Å². The molecule has 3 N–H and O–H groups in total. The fourth-order valence-corrected chi connectivity index (χ4v) is 4.43. The minimum atomic E-state index is 0.160. The van der Waals surface area contributed by atoms with E-state index in [4.69, 9.17) is 11.6 Å². The van der Waals surface area contributed by atoms with Crippen LogP contribution in [0.4, 0.5) is 11.4 Å². The minimum absolute atomic E-state index is 0.160. The van der Waals surface area contributed by atoms with Crippen LogP contribution in [0.15, 0.2) is 42.5 Å². The Morgan fingerprint density at radius 3 is 2.77 bits per heavy atom. The third-order valence-electron chi connectivity index (χ3n) is 6.21. The van der Waals surface area contributed by atoms with Crippen LogP contribution in [0.2, 0.25) is 5.02 Å². The minimum Gasteiger partial charge on any atom is -0.371 e. The van der Waals surface area contributed by atoms with Gasteiger partial charge in [-0.1, -0.05) is 17.7 Å². The number of piperidine rings is 1. The van der Waals surface area contributed by atoms with E-state index in [1.807, 2.05) is 30.3 Å². The lowest BCUT2D eigenvalue weighted by atomic mass is 10.0. The van der Waals surface area contributed by atoms with Crippen molar-refractivity contribution in [2.24, 2.45) is 5.92 Å². The van der Waals surface area contributed by atoms with E-state index >= 15 is 0 Å². The van der Waals surface area contributed by atoms with Gasteiger partial charge in [-0.05, 0) is 62.1 Å². The number of imidazole rings is 1. The molecule has 6 nitrogen and oxygen atoms in total. The number of amides is 1. The smallest absolute Gasteiger partial charge is 0.227 e. The second kappa shape index (κ2) is 8.89. The topological polar surface area (TPSA) is 73.1 Å². The van der Waals surface area contributed by atoms with Crippen molar-refractivity contribution in [2.75, 3.05) is 29.9 Å². The second-order valence-electron chi connectivity index (χ2n) is 8.62. The van der Waals surface area contributed by atoms with Crippen LogP contribution in [0, 0.1) is 5.92 Å². The number of hydrogen-bond donors (Lipinski definition) is 3. The van der Waals surface area contributed by atoms with Gasteiger partial charge in [0, 0.05) is 54.4 Å². The first kappa shape index (κ1) is 20.3. The van der Waals surface area contributed by atoms with Crippen LogP contribution in [0.3, 0.4) is 0 Å². The molecule has 3 aromatic rings. The largest absolute Gasteiger partial charge is 0.371 e. The van der Waals surface area contributed by atoms with Crippen LogP contribution in [0.1, 0.15) is 31.5 Å². The highest BCUT2D eigenvalue weighted by Crippen LogP contribution is 2.31. The number of hydrogen-bond acceptors (Lipinski definition) is 4. The number of H-pyrrole nitrogens is 1. The lowest BCUT2D eigenvalue weighted by Gasteiger charge is -2.34. The van der Waals surface area contributed by atoms with Gasteiger partial charge in [-0.2, -0.15) is 0 Å². The van der Waals surface area contributed by atoms with Gasteiger partial charge >= 0.3 is 0 Å². The summed E-state index contributed by atoms with van der Waals surface area (Å²) in [7, 11) is 0. The number of nitrogens with one attached hydrogen (secondary N) is 3. The van der Waals surface area contributed by atoms with Gasteiger partial charge in [0.1, 0.15) is 5.82 Å². The van der Waals surface area contributed by atoms with Gasteiger partial charge in [-0.3, -0.25) is 4.79 Å². The van der Waals surface area contributed by atoms with E-state index < -0.39 is 0 Å². The molecule has 1 aliphatic carbocycles. The summed E-state index contributed by atoms with van der Waals surface area (Å²) in [5, 5.41) is 7.46. The van der Waals surface area contributed by atoms with Crippen LogP contribution in [0.5, 0.6) is 0 Å². The molecule has 2 aromatic carbocycles. The van der Waals surface area contributed by atoms with Crippen molar-refractivity contribution in [3.63, 3.8) is 0 Å². The fourth-order valence-electron chi connectivity index (χ4n) is 4.26. The quantitative estimate of drug-likeness (QED) is 0.513. The SMILES string of the molecule is O=C(Nc1cccc(N2CCC(NCCc3nc4ccc(Cl)cc4[nH]3)CC2)c1)C1CC1. The Morgan fingerprint density at radius 2 is 1.97 bits per heavy atom. The molecule has 1 saturated heterocycles. The van der Waals surface area contributed by atoms with Crippen molar-refractivity contribution in [1.29, 1.82) is 0 Å². The maximum atomic E-state index is 12.0. The molecule has 1 saturated carbocycles. The van der Waals surface area contributed by atoms with Crippen LogP contribution < -0.4 is 15.5 Å². The molecular weight excluding hydrogens is 410 g/mol. The van der Waals surface area contributed by atoms with Gasteiger partial charge in [-0.25, -0.2) is 4.98 Å². The summed E-state index contributed by atoms with van der Waals surface area (Å²) < 4.78 is 0. The highest BCUT2D eigenvalue weighted by Gasteiger charge is 2.29. The van der Waals surface area contributed by atoms with E-state index in [1.54, 1.807) is 0 Å². The van der Waals surface area contributed by atoms with Crippen molar-refractivity contribution in [3.05, 3.63) is 53.3 Å². The zero-order valence-corrected chi connectivity index (χ0v) is 18.3. The summed E-state index contributed by atoms with van der Waals surface area (Å²) in [4.78, 5) is 22.4. The second-order valence-corrected chi connectivity index (χ2v) is 9.06. The standard InChI is InChI=1S/C24H28ClN5O/c25-17-6-7-21-22(14-17)29-23(28-21)8-11-26-18-9-12-30(13-10-18)20-3-1-2-19(15-20)27-24(31)16-4-5-16/h1-3,6-7,14-16,18,26H,4-5,8-13H2,(H,27,31)(H,28,29). The van der Waals surface area contributed by atoms with Crippen LogP contribution in [-0.2, 0) is 11.2 Å². The molecule has 31 heavy (non-hydrogen) atoms. The highest BCUT2D eigenvalue weighted by molar-refractivity contribution is 6.31. The van der Waals surface area contributed by atoms with Crippen molar-refractivity contribution in [1.82, 2.24) is 15.3 Å². The molecule has 1 amide bonds. The maximum absolute atomic E-state index is 12.0. The normalized spacial score (nSPS) is 17.3. The van der Waals surface area contributed by atoms with Gasteiger partial charge in [-0.15, -0.1) is 0 Å². The molecule has 1 aromatic heterocycles. The van der Waals surface area contributed by atoms with Gasteiger partial charge in [0.25, 0.3) is 0 Å². The molecule has 0 radical (unpaired) electrons. The number of fused-ring (bicyclic) bond motifs is 1. The monoisotopic (exact) mass is 437 g/mol. The lowest BCUT2D eigenvalue weighted by Crippen LogP contribution is -2.43. The Balaban J connectivity index is 1.09. The molecule has 0 unspecified atom stereocenters. The number of aromatic amines is 1. The van der Waals surface area contributed by atoms with Crippen molar-refractivity contribution in [2.45, 2.75) is 38.1 Å². The van der Waals surface area contributed by atoms with E-state index in [1.165, 1.54) is 5.69 Å². The Morgan fingerprint density at radius 1 is 1.13 bits per heavy atom. The molecular formula is C24H28ClN5O. The molecule has 162 valence electrons. The van der Waals surface area contributed by atoms with E-state index in [0.717, 1.165) is 79.3 Å². The Bertz CT molecular complexity index is 1070. The number of rotatable bonds is 7. The Hall–Kier alpha value is -2.57. The molecule has 2 aliphatic rings. The van der Waals surface area contributed by atoms with Crippen molar-refractivity contribution >= 4 is 39.9 Å². The third kappa shape index (κ3) is 5.02. The Kier molecular flexibility index (Phi) is 5.83. The predicted octanol–water partition coefficient (Wildman–Crippen LogP) is 4.37. The number of halogens is 1. The molecule has 0 spiro atoms. The van der Waals surface area contributed by atoms with E-state index in [0.29, 0.717) is 6.04 Å². The molecule has 7 heteroatoms. The number of carbonyl (C=O) groups excluding carboxylic acids is 1. The number of carbonyl (C=O) groups is 1. The zero-order chi connectivity index (χ0) is 21.2. The van der Waals surface area contributed by atoms with Gasteiger partial charge in [0.15, 0.2) is 0 Å². The molecule has 2 fully saturated rings. The van der Waals surface area contributed by atoms with Crippen LogP contribution in [-0.4, -0.2) is 41.6 Å². The molecule has 0 bridgehead atoms. The van der Waals surface area contributed by atoms with E-state index in [-0.39, 0.29) is 11.8 Å². The van der Waals surface area contributed by atoms with E-state index in [9.17, 15) is 4.79 Å². The molecule has 2 heterocycles. The molecule has 0 atom stereocenters. The zero-order valence-electron chi connectivity index (χ0n) is 17.5. The first-order chi connectivity index (χ1) is 15.1. The van der Waals surface area contributed by atoms with Gasteiger partial charge in [0.2, 0.25) is 5.91 Å². The third-order valence-corrected chi connectivity index (χ3v) is 6.44. The summed E-state index contributed by atoms with van der Waals surface area (Å²) in [5.41, 5.74) is 4.05. The summed E-state index contributed by atoms with van der Waals surface area (Å²) >= 11 is 6.05. The van der Waals surface area contributed by atoms with Crippen LogP contribution in [0.25, 0.3) is 11.0 Å². The lowest BCUT2D eigenvalue weighted by molar-refractivity contribution is -0.117. The summed E-state index contributed by atoms with van der Waals surface area (Å²) in [6, 6.07) is 14.5. The Labute approximate surface area is 187 Å². The number of benzene rings is 2. The number of aromatic nitrogens is 2. The fraction of sp³-hybridized carbons (Fsp3) is 0.417. The van der Waals surface area contributed by atoms with E-state index in [2.05, 4.69) is 37.6 Å².